The van der Waals surface area contributed by atoms with Gasteiger partial charge in [0.05, 0.1) is 30.6 Å². The fraction of sp³-hybridized carbons (Fsp3) is 0.158. The Kier molecular flexibility index (Phi) is 5.49. The lowest BCUT2D eigenvalue weighted by Gasteiger charge is -2.18. The summed E-state index contributed by atoms with van der Waals surface area (Å²) in [6.07, 6.45) is 0. The van der Waals surface area contributed by atoms with Gasteiger partial charge in [-0.2, -0.15) is 0 Å². The van der Waals surface area contributed by atoms with E-state index in [1.807, 2.05) is 0 Å². The first kappa shape index (κ1) is 20.0. The Labute approximate surface area is 169 Å². The summed E-state index contributed by atoms with van der Waals surface area (Å²) in [4.78, 5) is 25.4. The number of benzene rings is 2. The summed E-state index contributed by atoms with van der Waals surface area (Å²) in [5.41, 5.74) is -0.776. The first-order chi connectivity index (χ1) is 13.3. The molecular weight excluding hydrogens is 410 g/mol. The van der Waals surface area contributed by atoms with E-state index >= 15 is 0 Å². The van der Waals surface area contributed by atoms with Crippen LogP contribution in [0.2, 0.25) is 10.0 Å². The summed E-state index contributed by atoms with van der Waals surface area (Å²) < 4.78 is 26.1. The highest BCUT2D eigenvalue weighted by Gasteiger charge is 2.22. The number of methoxy groups -OCH3 is 2. The van der Waals surface area contributed by atoms with Crippen LogP contribution in [0, 0.1) is 5.82 Å². The topological polar surface area (TPSA) is 62.5 Å². The summed E-state index contributed by atoms with van der Waals surface area (Å²) in [6, 6.07) is 8.37. The molecule has 28 heavy (non-hydrogen) atoms. The van der Waals surface area contributed by atoms with E-state index < -0.39 is 17.1 Å². The maximum absolute atomic E-state index is 13.5. The summed E-state index contributed by atoms with van der Waals surface area (Å²) in [7, 11) is 4.24. The molecule has 0 saturated carbocycles. The molecule has 0 unspecified atom stereocenters. The average molecular weight is 425 g/mol. The molecule has 0 aliphatic carbocycles. The number of hydrogen-bond donors (Lipinski definition) is 0. The van der Waals surface area contributed by atoms with Gasteiger partial charge in [0.2, 0.25) is 0 Å². The monoisotopic (exact) mass is 424 g/mol. The Bertz CT molecular complexity index is 1170. The minimum atomic E-state index is -0.701. The maximum Gasteiger partial charge on any atom is 0.335 e. The van der Waals surface area contributed by atoms with Gasteiger partial charge < -0.3 is 9.47 Å². The van der Waals surface area contributed by atoms with Crippen LogP contribution >= 0.6 is 23.2 Å². The van der Waals surface area contributed by atoms with Crippen molar-refractivity contribution in [3.8, 4) is 28.4 Å². The van der Waals surface area contributed by atoms with Gasteiger partial charge >= 0.3 is 5.69 Å². The van der Waals surface area contributed by atoms with E-state index in [1.165, 1.54) is 31.9 Å². The highest BCUT2D eigenvalue weighted by molar-refractivity contribution is 6.36. The van der Waals surface area contributed by atoms with Crippen LogP contribution < -0.4 is 20.7 Å². The van der Waals surface area contributed by atoms with Crippen LogP contribution in [0.15, 0.2) is 46.0 Å². The Balaban J connectivity index is 2.48. The van der Waals surface area contributed by atoms with E-state index in [1.54, 1.807) is 18.2 Å². The van der Waals surface area contributed by atoms with Crippen LogP contribution in [0.3, 0.4) is 0 Å². The second-order valence-electron chi connectivity index (χ2n) is 5.84. The molecule has 0 amide bonds. The van der Waals surface area contributed by atoms with Gasteiger partial charge in [0.25, 0.3) is 5.56 Å². The molecule has 0 aliphatic rings. The molecule has 0 saturated heterocycles. The highest BCUT2D eigenvalue weighted by atomic mass is 35.5. The van der Waals surface area contributed by atoms with Gasteiger partial charge in [-0.15, -0.1) is 0 Å². The van der Waals surface area contributed by atoms with Crippen LogP contribution in [0.5, 0.6) is 11.5 Å². The number of ether oxygens (including phenoxy) is 2. The minimum Gasteiger partial charge on any atom is -0.497 e. The summed E-state index contributed by atoms with van der Waals surface area (Å²) in [6.45, 7) is 0. The smallest absolute Gasteiger partial charge is 0.335 e. The molecule has 9 heteroatoms. The fourth-order valence-corrected chi connectivity index (χ4v) is 3.33. The SMILES string of the molecule is COc1cc(OC)cc(-n2c(-c3ccc(F)cc3Cl)c(Cl)c(=O)n(C)c2=O)c1. The van der Waals surface area contributed by atoms with E-state index in [0.717, 1.165) is 16.7 Å². The Hall–Kier alpha value is -2.77. The Morgan fingerprint density at radius 3 is 2.11 bits per heavy atom. The largest absolute Gasteiger partial charge is 0.497 e. The number of nitrogens with zero attached hydrogens (tertiary/aromatic N) is 2. The van der Waals surface area contributed by atoms with Crippen molar-refractivity contribution in [2.24, 2.45) is 7.05 Å². The van der Waals surface area contributed by atoms with Crippen LogP contribution in [0.25, 0.3) is 16.9 Å². The molecule has 2 aromatic carbocycles. The quantitative estimate of drug-likeness (QED) is 0.640. The van der Waals surface area contributed by atoms with Crippen molar-refractivity contribution >= 4 is 23.2 Å². The average Bonchev–Trinajstić information content (AvgIpc) is 2.69. The van der Waals surface area contributed by atoms with Crippen molar-refractivity contribution in [3.63, 3.8) is 0 Å². The van der Waals surface area contributed by atoms with E-state index in [0.29, 0.717) is 17.2 Å². The van der Waals surface area contributed by atoms with E-state index in [-0.39, 0.29) is 21.3 Å². The van der Waals surface area contributed by atoms with Gasteiger partial charge in [0.15, 0.2) is 0 Å². The van der Waals surface area contributed by atoms with Crippen LogP contribution in [0.1, 0.15) is 0 Å². The van der Waals surface area contributed by atoms with Crippen molar-refractivity contribution < 1.29 is 13.9 Å². The molecule has 0 radical (unpaired) electrons. The van der Waals surface area contributed by atoms with Crippen molar-refractivity contribution in [2.45, 2.75) is 0 Å². The molecule has 0 atom stereocenters. The number of hydrogen-bond acceptors (Lipinski definition) is 4. The molecule has 0 bridgehead atoms. The third-order valence-corrected chi connectivity index (χ3v) is 4.84. The number of aromatic nitrogens is 2. The molecule has 1 aromatic heterocycles. The van der Waals surface area contributed by atoms with E-state index in [4.69, 9.17) is 32.7 Å². The second-order valence-corrected chi connectivity index (χ2v) is 6.62. The molecule has 0 aliphatic heterocycles. The summed E-state index contributed by atoms with van der Waals surface area (Å²) in [5.74, 6) is 0.274. The van der Waals surface area contributed by atoms with Crippen molar-refractivity contribution in [1.82, 2.24) is 9.13 Å². The minimum absolute atomic E-state index is 0.00170. The van der Waals surface area contributed by atoms with Gasteiger partial charge in [-0.1, -0.05) is 23.2 Å². The molecule has 6 nitrogen and oxygen atoms in total. The summed E-state index contributed by atoms with van der Waals surface area (Å²) in [5, 5.41) is -0.240. The highest BCUT2D eigenvalue weighted by Crippen LogP contribution is 2.34. The van der Waals surface area contributed by atoms with Crippen LogP contribution in [-0.4, -0.2) is 23.4 Å². The predicted octanol–water partition coefficient (Wildman–Crippen LogP) is 3.67. The zero-order valence-electron chi connectivity index (χ0n) is 15.1. The van der Waals surface area contributed by atoms with Gasteiger partial charge in [0.1, 0.15) is 22.3 Å². The Morgan fingerprint density at radius 2 is 1.57 bits per heavy atom. The first-order valence-corrected chi connectivity index (χ1v) is 8.74. The van der Waals surface area contributed by atoms with Crippen molar-refractivity contribution in [1.29, 1.82) is 0 Å². The second kappa shape index (κ2) is 7.69. The van der Waals surface area contributed by atoms with E-state index in [9.17, 15) is 14.0 Å². The van der Waals surface area contributed by atoms with Gasteiger partial charge in [-0.25, -0.2) is 9.18 Å². The molecular formula is C19H15Cl2FN2O4. The predicted molar refractivity (Wildman–Crippen MR) is 106 cm³/mol. The number of halogens is 3. The lowest BCUT2D eigenvalue weighted by Crippen LogP contribution is -2.38. The Morgan fingerprint density at radius 1 is 0.964 bits per heavy atom. The van der Waals surface area contributed by atoms with Gasteiger partial charge in [-0.05, 0) is 18.2 Å². The number of rotatable bonds is 4. The molecule has 1 heterocycles. The third kappa shape index (κ3) is 3.39. The molecule has 3 rings (SSSR count). The van der Waals surface area contributed by atoms with Crippen LogP contribution in [0.4, 0.5) is 4.39 Å². The van der Waals surface area contributed by atoms with Crippen molar-refractivity contribution in [3.05, 3.63) is 73.1 Å². The molecule has 146 valence electrons. The molecule has 0 N–H and O–H groups in total. The summed E-state index contributed by atoms with van der Waals surface area (Å²) >= 11 is 12.5. The first-order valence-electron chi connectivity index (χ1n) is 7.99. The van der Waals surface area contributed by atoms with Crippen LogP contribution in [-0.2, 0) is 7.05 Å². The molecule has 0 spiro atoms. The normalized spacial score (nSPS) is 10.8. The van der Waals surface area contributed by atoms with Gasteiger partial charge in [0, 0.05) is 30.8 Å². The van der Waals surface area contributed by atoms with Gasteiger partial charge in [-0.3, -0.25) is 13.9 Å². The molecule has 3 aromatic rings. The maximum atomic E-state index is 13.5. The lowest BCUT2D eigenvalue weighted by atomic mass is 10.1. The standard InChI is InChI=1S/C19H15Cl2FN2O4/c1-23-18(25)16(21)17(14-5-4-10(22)6-15(14)20)24(19(23)26)11-7-12(27-2)9-13(8-11)28-3/h4-9H,1-3H3. The van der Waals surface area contributed by atoms with Crippen molar-refractivity contribution in [2.75, 3.05) is 14.2 Å². The zero-order valence-corrected chi connectivity index (χ0v) is 16.6. The fourth-order valence-electron chi connectivity index (χ4n) is 2.76. The molecule has 0 fully saturated rings. The zero-order chi connectivity index (χ0) is 20.6. The third-order valence-electron chi connectivity index (χ3n) is 4.18. The van der Waals surface area contributed by atoms with E-state index in [2.05, 4.69) is 0 Å². The lowest BCUT2D eigenvalue weighted by molar-refractivity contribution is 0.394.